The van der Waals surface area contributed by atoms with Crippen molar-refractivity contribution in [3.8, 4) is 0 Å². The highest BCUT2D eigenvalue weighted by Gasteiger charge is 2.91. The number of hydrogen-bond acceptors (Lipinski definition) is 1. The molecule has 0 radical (unpaired) electrons. The smallest absolute Gasteiger partial charge is 0.322 e. The van der Waals surface area contributed by atoms with Crippen LogP contribution < -0.4 is 5.73 Å². The Balaban J connectivity index is 6.25. The van der Waals surface area contributed by atoms with Gasteiger partial charge in [-0.3, -0.25) is 0 Å². The van der Waals surface area contributed by atoms with E-state index in [0.717, 1.165) is 0 Å². The van der Waals surface area contributed by atoms with E-state index in [1.807, 2.05) is 0 Å². The van der Waals surface area contributed by atoms with E-state index in [1.165, 1.54) is 0 Å². The maximum atomic E-state index is 13.1. The first-order valence-corrected chi connectivity index (χ1v) is 5.44. The number of halogens is 13. The highest BCUT2D eigenvalue weighted by molar-refractivity contribution is 5.11. The van der Waals surface area contributed by atoms with Crippen molar-refractivity contribution in [2.75, 3.05) is 0 Å². The molecule has 1 atom stereocenters. The standard InChI is InChI=1S/C9H8F13N/c1-2-3(23)4(10,11)5(12,13)6(14,15)7(16,17)8(18,19)9(20,21)22/h3H,2,23H2,1H3. The number of hydrogen-bond donors (Lipinski definition) is 1. The third-order valence-electron chi connectivity index (χ3n) is 2.86. The molecule has 0 aliphatic heterocycles. The molecule has 0 aromatic heterocycles. The Morgan fingerprint density at radius 2 is 0.913 bits per heavy atom. The van der Waals surface area contributed by atoms with Gasteiger partial charge in [-0.15, -0.1) is 0 Å². The van der Waals surface area contributed by atoms with Crippen LogP contribution in [-0.2, 0) is 0 Å². The third-order valence-corrected chi connectivity index (χ3v) is 2.86. The van der Waals surface area contributed by atoms with E-state index in [4.69, 9.17) is 0 Å². The summed E-state index contributed by atoms with van der Waals surface area (Å²) in [6, 6.07) is -3.21. The van der Waals surface area contributed by atoms with Crippen LogP contribution in [0.4, 0.5) is 57.1 Å². The molecule has 0 fully saturated rings. The summed E-state index contributed by atoms with van der Waals surface area (Å²) in [6.45, 7) is 0.634. The van der Waals surface area contributed by atoms with Gasteiger partial charge in [-0.05, 0) is 6.42 Å². The van der Waals surface area contributed by atoms with Crippen LogP contribution in [0.1, 0.15) is 13.3 Å². The number of alkyl halides is 13. The Morgan fingerprint density at radius 1 is 0.609 bits per heavy atom. The predicted octanol–water partition coefficient (Wildman–Crippen LogP) is 4.46. The molecule has 0 saturated heterocycles. The summed E-state index contributed by atoms with van der Waals surface area (Å²) in [4.78, 5) is 0. The Bertz CT molecular complexity index is 424. The maximum Gasteiger partial charge on any atom is 0.460 e. The van der Waals surface area contributed by atoms with Crippen molar-refractivity contribution >= 4 is 0 Å². The van der Waals surface area contributed by atoms with Gasteiger partial charge in [0.05, 0.1) is 6.04 Å². The van der Waals surface area contributed by atoms with Crippen LogP contribution in [0.2, 0.25) is 0 Å². The minimum absolute atomic E-state index is 0.634. The van der Waals surface area contributed by atoms with Crippen molar-refractivity contribution in [1.82, 2.24) is 0 Å². The van der Waals surface area contributed by atoms with Crippen LogP contribution in [0.15, 0.2) is 0 Å². The molecule has 0 aliphatic rings. The van der Waals surface area contributed by atoms with Crippen molar-refractivity contribution in [1.29, 1.82) is 0 Å². The first-order valence-electron chi connectivity index (χ1n) is 5.44. The molecule has 0 bridgehead atoms. The van der Waals surface area contributed by atoms with Crippen molar-refractivity contribution in [3.05, 3.63) is 0 Å². The van der Waals surface area contributed by atoms with E-state index in [2.05, 4.69) is 5.73 Å². The van der Waals surface area contributed by atoms with E-state index >= 15 is 0 Å². The van der Waals surface area contributed by atoms with Crippen LogP contribution in [0.5, 0.6) is 0 Å². The van der Waals surface area contributed by atoms with Crippen molar-refractivity contribution in [2.45, 2.75) is 55.2 Å². The van der Waals surface area contributed by atoms with Gasteiger partial charge in [0.15, 0.2) is 0 Å². The summed E-state index contributed by atoms with van der Waals surface area (Å²) in [5.74, 6) is -36.8. The van der Waals surface area contributed by atoms with Gasteiger partial charge in [-0.25, -0.2) is 0 Å². The van der Waals surface area contributed by atoms with Gasteiger partial charge < -0.3 is 5.73 Å². The quantitative estimate of drug-likeness (QED) is 0.680. The van der Waals surface area contributed by atoms with Crippen LogP contribution in [0.25, 0.3) is 0 Å². The second-order valence-corrected chi connectivity index (χ2v) is 4.43. The SMILES string of the molecule is CCC(N)C(F)(F)C(F)(F)C(F)(F)C(F)(F)C(F)(F)C(F)(F)F. The molecule has 1 nitrogen and oxygen atoms in total. The molecule has 14 heteroatoms. The first-order chi connectivity index (χ1) is 9.73. The second kappa shape index (κ2) is 5.55. The average Bonchev–Trinajstić information content (AvgIpc) is 2.35. The van der Waals surface area contributed by atoms with Gasteiger partial charge in [0.1, 0.15) is 0 Å². The summed E-state index contributed by atoms with van der Waals surface area (Å²) in [5, 5.41) is 0. The zero-order chi connectivity index (χ0) is 19.3. The van der Waals surface area contributed by atoms with Crippen LogP contribution in [0, 0.1) is 0 Å². The van der Waals surface area contributed by atoms with E-state index in [-0.39, 0.29) is 0 Å². The van der Waals surface area contributed by atoms with E-state index < -0.39 is 48.3 Å². The Labute approximate surface area is 119 Å². The molecular weight excluding hydrogens is 369 g/mol. The van der Waals surface area contributed by atoms with Gasteiger partial charge in [-0.1, -0.05) is 6.92 Å². The molecule has 0 aliphatic carbocycles. The third kappa shape index (κ3) is 2.82. The van der Waals surface area contributed by atoms with E-state index in [0.29, 0.717) is 6.92 Å². The van der Waals surface area contributed by atoms with E-state index in [1.54, 1.807) is 0 Å². The molecule has 0 aromatic carbocycles. The molecule has 0 heterocycles. The minimum atomic E-state index is -7.88. The molecule has 0 amide bonds. The summed E-state index contributed by atoms with van der Waals surface area (Å²) >= 11 is 0. The molecule has 140 valence electrons. The number of nitrogens with two attached hydrogens (primary N) is 1. The zero-order valence-electron chi connectivity index (χ0n) is 10.8. The van der Waals surface area contributed by atoms with Crippen LogP contribution >= 0.6 is 0 Å². The molecular formula is C9H8F13N. The molecule has 23 heavy (non-hydrogen) atoms. The normalized spacial score (nSPS) is 17.3. The summed E-state index contributed by atoms with van der Waals surface area (Å²) < 4.78 is 164. The largest absolute Gasteiger partial charge is 0.460 e. The first kappa shape index (κ1) is 22.1. The zero-order valence-corrected chi connectivity index (χ0v) is 10.8. The van der Waals surface area contributed by atoms with Gasteiger partial charge in [-0.2, -0.15) is 57.1 Å². The summed E-state index contributed by atoms with van der Waals surface area (Å²) in [6.07, 6.45) is -8.60. The highest BCUT2D eigenvalue weighted by Crippen LogP contribution is 2.60. The predicted molar refractivity (Wildman–Crippen MR) is 49.1 cm³/mol. The van der Waals surface area contributed by atoms with Gasteiger partial charge in [0.25, 0.3) is 0 Å². The average molecular weight is 377 g/mol. The summed E-state index contributed by atoms with van der Waals surface area (Å²) in [5.41, 5.74) is 4.35. The fourth-order valence-electron chi connectivity index (χ4n) is 1.27. The second-order valence-electron chi connectivity index (χ2n) is 4.43. The lowest BCUT2D eigenvalue weighted by Crippen LogP contribution is -2.72. The Hall–Kier alpha value is -0.950. The fourth-order valence-corrected chi connectivity index (χ4v) is 1.27. The minimum Gasteiger partial charge on any atom is -0.322 e. The fraction of sp³-hybridized carbons (Fsp3) is 1.00. The molecule has 0 saturated carbocycles. The lowest BCUT2D eigenvalue weighted by molar-refractivity contribution is -0.441. The molecule has 2 N–H and O–H groups in total. The van der Waals surface area contributed by atoms with Crippen molar-refractivity contribution in [3.63, 3.8) is 0 Å². The van der Waals surface area contributed by atoms with Gasteiger partial charge in [0.2, 0.25) is 0 Å². The Morgan fingerprint density at radius 3 is 1.17 bits per heavy atom. The monoisotopic (exact) mass is 377 g/mol. The van der Waals surface area contributed by atoms with Crippen LogP contribution in [0.3, 0.4) is 0 Å². The van der Waals surface area contributed by atoms with Crippen LogP contribution in [-0.4, -0.2) is 41.8 Å². The van der Waals surface area contributed by atoms with E-state index in [9.17, 15) is 57.1 Å². The van der Waals surface area contributed by atoms with Gasteiger partial charge >= 0.3 is 35.8 Å². The Kier molecular flexibility index (Phi) is 5.32. The van der Waals surface area contributed by atoms with Crippen molar-refractivity contribution in [2.24, 2.45) is 5.73 Å². The van der Waals surface area contributed by atoms with Gasteiger partial charge in [0, 0.05) is 0 Å². The summed E-state index contributed by atoms with van der Waals surface area (Å²) in [7, 11) is 0. The molecule has 0 aromatic rings. The van der Waals surface area contributed by atoms with Crippen molar-refractivity contribution < 1.29 is 57.1 Å². The topological polar surface area (TPSA) is 26.0 Å². The molecule has 1 unspecified atom stereocenters. The molecule has 0 spiro atoms. The maximum absolute atomic E-state index is 13.1. The highest BCUT2D eigenvalue weighted by atomic mass is 19.4. The lowest BCUT2D eigenvalue weighted by atomic mass is 9.90. The lowest BCUT2D eigenvalue weighted by Gasteiger charge is -2.41. The molecule has 0 rings (SSSR count). The number of rotatable bonds is 6.